The number of hydrogen-bond donors (Lipinski definition) is 1. The van der Waals surface area contributed by atoms with Crippen molar-refractivity contribution in [3.8, 4) is 0 Å². The van der Waals surface area contributed by atoms with Crippen LogP contribution in [0.4, 0.5) is 0 Å². The molecule has 1 atom stereocenters. The number of benzene rings is 1. The molecule has 5 nitrogen and oxygen atoms in total. The predicted octanol–water partition coefficient (Wildman–Crippen LogP) is 1.49. The molecule has 0 fully saturated rings. The number of aryl methyl sites for hydroxylation is 1. The maximum absolute atomic E-state index is 11.8. The molecular weight excluding hydrogens is 288 g/mol. The van der Waals surface area contributed by atoms with Crippen LogP contribution in [0, 0.1) is 0 Å². The lowest BCUT2D eigenvalue weighted by Crippen LogP contribution is -2.48. The first-order valence-electron chi connectivity index (χ1n) is 6.83. The van der Waals surface area contributed by atoms with Gasteiger partial charge in [-0.05, 0) is 17.5 Å². The lowest BCUT2D eigenvalue weighted by molar-refractivity contribution is -0.124. The number of aromatic nitrogens is 2. The highest BCUT2D eigenvalue weighted by Gasteiger charge is 2.30. The maximum atomic E-state index is 11.8. The number of carbonyl (C=O) groups is 1. The summed E-state index contributed by atoms with van der Waals surface area (Å²) in [6.45, 7) is 1.24. The van der Waals surface area contributed by atoms with Crippen molar-refractivity contribution in [1.29, 1.82) is 0 Å². The number of primary amides is 1. The molecule has 3 rings (SSSR count). The normalized spacial score (nSPS) is 18.5. The Bertz CT molecular complexity index is 663. The molecule has 110 valence electrons. The van der Waals surface area contributed by atoms with Crippen LogP contribution in [0.5, 0.6) is 0 Å². The van der Waals surface area contributed by atoms with Crippen molar-refractivity contribution in [2.24, 2.45) is 12.8 Å². The zero-order valence-electron chi connectivity index (χ0n) is 11.8. The fourth-order valence-electron chi connectivity index (χ4n) is 2.83. The van der Waals surface area contributed by atoms with Gasteiger partial charge < -0.3 is 5.73 Å². The van der Waals surface area contributed by atoms with Gasteiger partial charge >= 0.3 is 0 Å². The van der Waals surface area contributed by atoms with Gasteiger partial charge in [0.1, 0.15) is 0 Å². The van der Waals surface area contributed by atoms with Crippen LogP contribution in [0.2, 0.25) is 5.02 Å². The average molecular weight is 305 g/mol. The molecule has 0 spiro atoms. The Balaban J connectivity index is 1.91. The predicted molar refractivity (Wildman–Crippen MR) is 80.6 cm³/mol. The molecule has 0 saturated heterocycles. The summed E-state index contributed by atoms with van der Waals surface area (Å²) in [6, 6.07) is 7.83. The first-order chi connectivity index (χ1) is 10.1. The number of hydrogen-bond acceptors (Lipinski definition) is 3. The Morgan fingerprint density at radius 2 is 2.14 bits per heavy atom. The van der Waals surface area contributed by atoms with Gasteiger partial charge in [-0.15, -0.1) is 0 Å². The molecule has 2 heterocycles. The molecule has 21 heavy (non-hydrogen) atoms. The zero-order chi connectivity index (χ0) is 15.0. The highest BCUT2D eigenvalue weighted by molar-refractivity contribution is 6.31. The van der Waals surface area contributed by atoms with Gasteiger partial charge in [0, 0.05) is 20.1 Å². The Kier molecular flexibility index (Phi) is 3.69. The lowest BCUT2D eigenvalue weighted by Gasteiger charge is -2.35. The van der Waals surface area contributed by atoms with Crippen molar-refractivity contribution in [2.75, 3.05) is 0 Å². The van der Waals surface area contributed by atoms with E-state index in [1.807, 2.05) is 19.2 Å². The van der Waals surface area contributed by atoms with Crippen molar-refractivity contribution in [3.05, 3.63) is 52.3 Å². The third kappa shape index (κ3) is 2.66. The molecule has 1 amide bonds. The number of fused-ring (bicyclic) bond motifs is 1. The topological polar surface area (TPSA) is 64.2 Å². The van der Waals surface area contributed by atoms with E-state index in [2.05, 4.69) is 22.1 Å². The second-order valence-corrected chi connectivity index (χ2v) is 5.77. The molecule has 6 heteroatoms. The molecule has 2 aromatic rings. The summed E-state index contributed by atoms with van der Waals surface area (Å²) in [5.74, 6) is -0.303. The molecule has 1 unspecified atom stereocenters. The van der Waals surface area contributed by atoms with Crippen LogP contribution in [0.15, 0.2) is 30.5 Å². The number of nitrogens with zero attached hydrogens (tertiary/aromatic N) is 3. The SMILES string of the molecule is Cn1ncc(Cl)c1CN1Cc2ccccc2CC1C(N)=O. The van der Waals surface area contributed by atoms with E-state index < -0.39 is 0 Å². The molecule has 1 aliphatic rings. The van der Waals surface area contributed by atoms with E-state index in [0.29, 0.717) is 24.5 Å². The second kappa shape index (κ2) is 5.50. The first kappa shape index (κ1) is 14.1. The molecule has 0 bridgehead atoms. The molecular formula is C15H17ClN4O. The van der Waals surface area contributed by atoms with Gasteiger partial charge in [-0.3, -0.25) is 14.4 Å². The molecule has 1 aliphatic heterocycles. The first-order valence-corrected chi connectivity index (χ1v) is 7.20. The summed E-state index contributed by atoms with van der Waals surface area (Å²) in [5.41, 5.74) is 8.89. The zero-order valence-corrected chi connectivity index (χ0v) is 12.5. The van der Waals surface area contributed by atoms with Crippen LogP contribution in [0.25, 0.3) is 0 Å². The smallest absolute Gasteiger partial charge is 0.235 e. The van der Waals surface area contributed by atoms with E-state index in [1.54, 1.807) is 10.9 Å². The van der Waals surface area contributed by atoms with E-state index in [0.717, 1.165) is 5.69 Å². The van der Waals surface area contributed by atoms with E-state index in [1.165, 1.54) is 11.1 Å². The minimum Gasteiger partial charge on any atom is -0.368 e. The van der Waals surface area contributed by atoms with Gasteiger partial charge in [0.05, 0.1) is 23.0 Å². The third-order valence-electron chi connectivity index (χ3n) is 4.04. The Morgan fingerprint density at radius 1 is 1.43 bits per heavy atom. The Labute approximate surface area is 128 Å². The second-order valence-electron chi connectivity index (χ2n) is 5.36. The van der Waals surface area contributed by atoms with Gasteiger partial charge in [-0.25, -0.2) is 0 Å². The van der Waals surface area contributed by atoms with E-state index in [4.69, 9.17) is 17.3 Å². The number of amides is 1. The van der Waals surface area contributed by atoms with Crippen molar-refractivity contribution < 1.29 is 4.79 Å². The summed E-state index contributed by atoms with van der Waals surface area (Å²) >= 11 is 6.17. The molecule has 0 radical (unpaired) electrons. The van der Waals surface area contributed by atoms with Gasteiger partial charge in [-0.2, -0.15) is 5.10 Å². The molecule has 2 N–H and O–H groups in total. The van der Waals surface area contributed by atoms with Crippen LogP contribution in [0.3, 0.4) is 0 Å². The summed E-state index contributed by atoms with van der Waals surface area (Å²) in [7, 11) is 1.85. The van der Waals surface area contributed by atoms with Crippen molar-refractivity contribution >= 4 is 17.5 Å². The Morgan fingerprint density at radius 3 is 2.76 bits per heavy atom. The summed E-state index contributed by atoms with van der Waals surface area (Å²) < 4.78 is 1.74. The summed E-state index contributed by atoms with van der Waals surface area (Å²) in [6.07, 6.45) is 2.26. The number of rotatable bonds is 3. The minimum absolute atomic E-state index is 0.303. The fourth-order valence-corrected chi connectivity index (χ4v) is 3.06. The minimum atomic E-state index is -0.314. The number of halogens is 1. The van der Waals surface area contributed by atoms with Gasteiger partial charge in [0.25, 0.3) is 0 Å². The van der Waals surface area contributed by atoms with Crippen molar-refractivity contribution in [1.82, 2.24) is 14.7 Å². The lowest BCUT2D eigenvalue weighted by atomic mass is 9.93. The average Bonchev–Trinajstić information content (AvgIpc) is 2.78. The Hall–Kier alpha value is -1.85. The van der Waals surface area contributed by atoms with Crippen LogP contribution in [-0.4, -0.2) is 26.6 Å². The highest BCUT2D eigenvalue weighted by Crippen LogP contribution is 2.26. The van der Waals surface area contributed by atoms with Gasteiger partial charge in [-0.1, -0.05) is 35.9 Å². The maximum Gasteiger partial charge on any atom is 0.235 e. The molecule has 0 aliphatic carbocycles. The van der Waals surface area contributed by atoms with E-state index >= 15 is 0 Å². The van der Waals surface area contributed by atoms with Gasteiger partial charge in [0.15, 0.2) is 0 Å². The number of carbonyl (C=O) groups excluding carboxylic acids is 1. The van der Waals surface area contributed by atoms with E-state index in [9.17, 15) is 4.79 Å². The molecule has 1 aromatic heterocycles. The van der Waals surface area contributed by atoms with Crippen LogP contribution < -0.4 is 5.73 Å². The third-order valence-corrected chi connectivity index (χ3v) is 4.35. The van der Waals surface area contributed by atoms with Crippen LogP contribution >= 0.6 is 11.6 Å². The molecule has 1 aromatic carbocycles. The number of nitrogens with two attached hydrogens (primary N) is 1. The fraction of sp³-hybridized carbons (Fsp3) is 0.333. The van der Waals surface area contributed by atoms with Crippen molar-refractivity contribution in [2.45, 2.75) is 25.6 Å². The standard InChI is InChI=1S/C15H17ClN4O/c1-19-14(12(16)7-18-19)9-20-8-11-5-3-2-4-10(11)6-13(20)15(17)21/h2-5,7,13H,6,8-9H2,1H3,(H2,17,21). The monoisotopic (exact) mass is 304 g/mol. The molecule has 0 saturated carbocycles. The van der Waals surface area contributed by atoms with Gasteiger partial charge in [0.2, 0.25) is 5.91 Å². The van der Waals surface area contributed by atoms with E-state index in [-0.39, 0.29) is 11.9 Å². The largest absolute Gasteiger partial charge is 0.368 e. The highest BCUT2D eigenvalue weighted by atomic mass is 35.5. The quantitative estimate of drug-likeness (QED) is 0.934. The van der Waals surface area contributed by atoms with Crippen LogP contribution in [0.1, 0.15) is 16.8 Å². The van der Waals surface area contributed by atoms with Crippen LogP contribution in [-0.2, 0) is 31.4 Å². The van der Waals surface area contributed by atoms with Crippen molar-refractivity contribution in [3.63, 3.8) is 0 Å². The summed E-state index contributed by atoms with van der Waals surface area (Å²) in [5, 5.41) is 4.75. The summed E-state index contributed by atoms with van der Waals surface area (Å²) in [4.78, 5) is 13.9.